The number of benzene rings is 1. The highest BCUT2D eigenvalue weighted by Gasteiger charge is 2.16. The average Bonchev–Trinajstić information content (AvgIpc) is 2.89. The van der Waals surface area contributed by atoms with Crippen LogP contribution in [0.1, 0.15) is 37.8 Å². The highest BCUT2D eigenvalue weighted by atomic mass is 79.9. The summed E-state index contributed by atoms with van der Waals surface area (Å²) in [5, 5.41) is 3.66. The van der Waals surface area contributed by atoms with Crippen molar-refractivity contribution in [3.8, 4) is 0 Å². The van der Waals surface area contributed by atoms with E-state index in [0.717, 1.165) is 36.6 Å². The first kappa shape index (κ1) is 14.0. The van der Waals surface area contributed by atoms with Crippen LogP contribution in [0.5, 0.6) is 0 Å². The molecule has 3 heteroatoms. The highest BCUT2D eigenvalue weighted by molar-refractivity contribution is 9.10. The van der Waals surface area contributed by atoms with E-state index in [4.69, 9.17) is 4.74 Å². The largest absolute Gasteiger partial charge is 0.381 e. The normalized spacial score (nSPS) is 21.1. The van der Waals surface area contributed by atoms with E-state index in [1.54, 1.807) is 0 Å². The molecule has 1 aromatic carbocycles. The smallest absolute Gasteiger partial charge is 0.0495 e. The van der Waals surface area contributed by atoms with Gasteiger partial charge in [0.15, 0.2) is 0 Å². The topological polar surface area (TPSA) is 21.3 Å². The van der Waals surface area contributed by atoms with Crippen LogP contribution in [0.4, 0.5) is 0 Å². The molecular formula is C15H22BrNO. The van der Waals surface area contributed by atoms with Gasteiger partial charge in [-0.05, 0) is 49.4 Å². The molecule has 1 saturated heterocycles. The Labute approximate surface area is 118 Å². The molecule has 1 heterocycles. The molecule has 1 aromatic rings. The molecule has 1 N–H and O–H groups in total. The van der Waals surface area contributed by atoms with E-state index in [9.17, 15) is 0 Å². The second-order valence-corrected chi connectivity index (χ2v) is 5.90. The van der Waals surface area contributed by atoms with E-state index in [0.29, 0.717) is 6.04 Å². The number of ether oxygens (including phenoxy) is 1. The molecule has 100 valence electrons. The van der Waals surface area contributed by atoms with Gasteiger partial charge in [-0.25, -0.2) is 0 Å². The van der Waals surface area contributed by atoms with E-state index in [1.165, 1.54) is 18.4 Å². The van der Waals surface area contributed by atoms with Gasteiger partial charge in [-0.3, -0.25) is 0 Å². The van der Waals surface area contributed by atoms with Crippen LogP contribution in [0.15, 0.2) is 28.7 Å². The van der Waals surface area contributed by atoms with Crippen LogP contribution in [0.3, 0.4) is 0 Å². The second kappa shape index (κ2) is 7.27. The summed E-state index contributed by atoms with van der Waals surface area (Å²) < 4.78 is 6.55. The van der Waals surface area contributed by atoms with Crippen LogP contribution in [0.25, 0.3) is 0 Å². The zero-order chi connectivity index (χ0) is 12.8. The van der Waals surface area contributed by atoms with Crippen LogP contribution in [0.2, 0.25) is 0 Å². The Hall–Kier alpha value is -0.380. The van der Waals surface area contributed by atoms with Gasteiger partial charge in [-0.15, -0.1) is 0 Å². The van der Waals surface area contributed by atoms with Crippen molar-refractivity contribution >= 4 is 15.9 Å². The van der Waals surface area contributed by atoms with Crippen molar-refractivity contribution in [2.45, 2.75) is 32.2 Å². The summed E-state index contributed by atoms with van der Waals surface area (Å²) in [4.78, 5) is 0. The number of nitrogens with one attached hydrogen (secondary N) is 1. The molecule has 0 bridgehead atoms. The molecule has 2 unspecified atom stereocenters. The molecular weight excluding hydrogens is 290 g/mol. The molecule has 1 fully saturated rings. The van der Waals surface area contributed by atoms with Gasteiger partial charge in [0.2, 0.25) is 0 Å². The summed E-state index contributed by atoms with van der Waals surface area (Å²) >= 11 is 3.48. The van der Waals surface area contributed by atoms with Crippen LogP contribution in [0, 0.1) is 5.92 Å². The van der Waals surface area contributed by atoms with Crippen molar-refractivity contribution < 1.29 is 4.74 Å². The van der Waals surface area contributed by atoms with Crippen molar-refractivity contribution in [1.29, 1.82) is 0 Å². The predicted molar refractivity (Wildman–Crippen MR) is 78.7 cm³/mol. The molecule has 2 atom stereocenters. The quantitative estimate of drug-likeness (QED) is 0.860. The lowest BCUT2D eigenvalue weighted by molar-refractivity contribution is 0.184. The van der Waals surface area contributed by atoms with Crippen molar-refractivity contribution in [2.75, 3.05) is 19.8 Å². The van der Waals surface area contributed by atoms with E-state index in [2.05, 4.69) is 52.4 Å². The summed E-state index contributed by atoms with van der Waals surface area (Å²) in [6.07, 6.45) is 3.59. The standard InChI is InChI=1S/C15H22BrNO/c1-2-15(13-3-5-14(16)6-4-13)17-9-7-12-8-10-18-11-12/h3-6,12,15,17H,2,7-11H2,1H3. The Morgan fingerprint density at radius 1 is 1.39 bits per heavy atom. The molecule has 2 rings (SSSR count). The van der Waals surface area contributed by atoms with E-state index in [1.807, 2.05) is 0 Å². The maximum absolute atomic E-state index is 5.41. The zero-order valence-electron chi connectivity index (χ0n) is 11.0. The molecule has 2 nitrogen and oxygen atoms in total. The van der Waals surface area contributed by atoms with Gasteiger partial charge in [0.25, 0.3) is 0 Å². The fourth-order valence-electron chi connectivity index (χ4n) is 2.47. The zero-order valence-corrected chi connectivity index (χ0v) is 12.6. The second-order valence-electron chi connectivity index (χ2n) is 4.98. The molecule has 0 amide bonds. The fraction of sp³-hybridized carbons (Fsp3) is 0.600. The number of hydrogen-bond donors (Lipinski definition) is 1. The highest BCUT2D eigenvalue weighted by Crippen LogP contribution is 2.20. The minimum absolute atomic E-state index is 0.473. The van der Waals surface area contributed by atoms with Gasteiger partial charge < -0.3 is 10.1 Å². The first-order valence-corrected chi connectivity index (χ1v) is 7.65. The third kappa shape index (κ3) is 4.08. The predicted octanol–water partition coefficient (Wildman–Crippen LogP) is 3.92. The molecule has 0 aromatic heterocycles. The Balaban J connectivity index is 1.79. The summed E-state index contributed by atoms with van der Waals surface area (Å²) in [6, 6.07) is 9.10. The third-order valence-electron chi connectivity index (χ3n) is 3.65. The Bertz CT molecular complexity index is 346. The monoisotopic (exact) mass is 311 g/mol. The Morgan fingerprint density at radius 2 is 2.17 bits per heavy atom. The molecule has 1 aliphatic heterocycles. The Kier molecular flexibility index (Phi) is 5.67. The van der Waals surface area contributed by atoms with E-state index >= 15 is 0 Å². The van der Waals surface area contributed by atoms with Gasteiger partial charge in [0.05, 0.1) is 0 Å². The summed E-state index contributed by atoms with van der Waals surface area (Å²) in [6.45, 7) is 5.23. The van der Waals surface area contributed by atoms with Crippen molar-refractivity contribution in [3.63, 3.8) is 0 Å². The molecule has 0 saturated carbocycles. The lowest BCUT2D eigenvalue weighted by Crippen LogP contribution is -2.23. The van der Waals surface area contributed by atoms with Crippen molar-refractivity contribution in [3.05, 3.63) is 34.3 Å². The lowest BCUT2D eigenvalue weighted by Gasteiger charge is -2.18. The summed E-state index contributed by atoms with van der Waals surface area (Å²) in [7, 11) is 0. The van der Waals surface area contributed by atoms with Crippen molar-refractivity contribution in [2.24, 2.45) is 5.92 Å². The minimum Gasteiger partial charge on any atom is -0.381 e. The van der Waals surface area contributed by atoms with Gasteiger partial charge >= 0.3 is 0 Å². The first-order valence-electron chi connectivity index (χ1n) is 6.86. The SMILES string of the molecule is CCC(NCCC1CCOC1)c1ccc(Br)cc1. The molecule has 0 radical (unpaired) electrons. The number of rotatable bonds is 6. The van der Waals surface area contributed by atoms with Crippen LogP contribution in [-0.4, -0.2) is 19.8 Å². The number of halogens is 1. The van der Waals surface area contributed by atoms with Crippen molar-refractivity contribution in [1.82, 2.24) is 5.32 Å². The van der Waals surface area contributed by atoms with Gasteiger partial charge in [0.1, 0.15) is 0 Å². The fourth-order valence-corrected chi connectivity index (χ4v) is 2.73. The van der Waals surface area contributed by atoms with Crippen LogP contribution in [-0.2, 0) is 4.74 Å². The van der Waals surface area contributed by atoms with Gasteiger partial charge in [-0.2, -0.15) is 0 Å². The number of hydrogen-bond acceptors (Lipinski definition) is 2. The van der Waals surface area contributed by atoms with E-state index < -0.39 is 0 Å². The average molecular weight is 312 g/mol. The molecule has 0 aliphatic carbocycles. The maximum Gasteiger partial charge on any atom is 0.0495 e. The van der Waals surface area contributed by atoms with Crippen LogP contribution < -0.4 is 5.32 Å². The molecule has 18 heavy (non-hydrogen) atoms. The summed E-state index contributed by atoms with van der Waals surface area (Å²) in [5.74, 6) is 0.764. The molecule has 1 aliphatic rings. The van der Waals surface area contributed by atoms with Gasteiger partial charge in [-0.1, -0.05) is 35.0 Å². The van der Waals surface area contributed by atoms with E-state index in [-0.39, 0.29) is 0 Å². The molecule has 0 spiro atoms. The Morgan fingerprint density at radius 3 is 2.78 bits per heavy atom. The summed E-state index contributed by atoms with van der Waals surface area (Å²) in [5.41, 5.74) is 1.38. The van der Waals surface area contributed by atoms with Gasteiger partial charge in [0, 0.05) is 23.7 Å². The third-order valence-corrected chi connectivity index (χ3v) is 4.18. The maximum atomic E-state index is 5.41. The minimum atomic E-state index is 0.473. The van der Waals surface area contributed by atoms with Crippen LogP contribution >= 0.6 is 15.9 Å². The first-order chi connectivity index (χ1) is 8.79. The lowest BCUT2D eigenvalue weighted by atomic mass is 10.0.